The van der Waals surface area contributed by atoms with Crippen LogP contribution in [0.5, 0.6) is 5.75 Å². The van der Waals surface area contributed by atoms with Crippen molar-refractivity contribution in [1.82, 2.24) is 4.90 Å². The highest BCUT2D eigenvalue weighted by atomic mass is 32.2. The zero-order valence-corrected chi connectivity index (χ0v) is 14.0. The summed E-state index contributed by atoms with van der Waals surface area (Å²) in [5.74, 6) is 0.990. The number of nitrogens with zero attached hydrogens (tertiary/aromatic N) is 1. The second-order valence-electron chi connectivity index (χ2n) is 5.83. The number of allylic oxidation sites excluding steroid dienone is 2. The van der Waals surface area contributed by atoms with Crippen LogP contribution in [0.25, 0.3) is 10.8 Å². The Morgan fingerprint density at radius 1 is 1.00 bits per heavy atom. The molecule has 1 aliphatic heterocycles. The van der Waals surface area contributed by atoms with Crippen molar-refractivity contribution < 1.29 is 4.74 Å². The van der Waals surface area contributed by atoms with E-state index >= 15 is 0 Å². The average Bonchev–Trinajstić information content (AvgIpc) is 3.05. The molecule has 1 unspecified atom stereocenters. The molecule has 0 aromatic heterocycles. The molecule has 0 spiro atoms. The summed E-state index contributed by atoms with van der Waals surface area (Å²) in [6.45, 7) is 1.80. The molecule has 0 saturated heterocycles. The normalized spacial score (nSPS) is 16.6. The van der Waals surface area contributed by atoms with Crippen molar-refractivity contribution in [1.29, 1.82) is 0 Å². The van der Waals surface area contributed by atoms with E-state index in [1.165, 1.54) is 10.8 Å². The molecule has 2 aromatic rings. The van der Waals surface area contributed by atoms with Crippen LogP contribution >= 0.6 is 10.9 Å². The van der Waals surface area contributed by atoms with Crippen LogP contribution in [0.2, 0.25) is 0 Å². The van der Waals surface area contributed by atoms with Crippen molar-refractivity contribution in [2.75, 3.05) is 27.2 Å². The third kappa shape index (κ3) is 3.54. The van der Waals surface area contributed by atoms with Crippen LogP contribution < -0.4 is 4.74 Å². The molecule has 1 heterocycles. The lowest BCUT2D eigenvalue weighted by Gasteiger charge is -2.27. The fourth-order valence-electron chi connectivity index (χ4n) is 2.75. The molecule has 116 valence electrons. The lowest BCUT2D eigenvalue weighted by Crippen LogP contribution is -2.30. The highest BCUT2D eigenvalue weighted by Crippen LogP contribution is 2.39. The summed E-state index contributed by atoms with van der Waals surface area (Å²) in [5, 5.41) is 7.61. The van der Waals surface area contributed by atoms with Crippen molar-refractivity contribution in [3.05, 3.63) is 65.4 Å². The molecule has 3 rings (SSSR count). The molecule has 2 nitrogen and oxygen atoms in total. The van der Waals surface area contributed by atoms with E-state index in [4.69, 9.17) is 4.74 Å². The second kappa shape index (κ2) is 7.03. The summed E-state index contributed by atoms with van der Waals surface area (Å²) in [6.07, 6.45) is 4.32. The largest absolute Gasteiger partial charge is 0.492 e. The molecule has 2 aromatic carbocycles. The molecule has 1 atom stereocenters. The Morgan fingerprint density at radius 3 is 2.50 bits per heavy atom. The Bertz CT molecular complexity index is 675. The fraction of sp³-hybridized carbons (Fsp3) is 0.263. The first kappa shape index (κ1) is 15.2. The third-order valence-electron chi connectivity index (χ3n) is 3.81. The van der Waals surface area contributed by atoms with Gasteiger partial charge in [0.1, 0.15) is 12.4 Å². The van der Waals surface area contributed by atoms with E-state index < -0.39 is 0 Å². The number of ether oxygens (including phenoxy) is 1. The molecule has 0 aliphatic carbocycles. The van der Waals surface area contributed by atoms with Gasteiger partial charge in [-0.3, -0.25) is 0 Å². The molecular formula is C19H23NOS. The average molecular weight is 313 g/mol. The molecule has 0 N–H and O–H groups in total. The molecule has 0 amide bonds. The van der Waals surface area contributed by atoms with Gasteiger partial charge in [0.25, 0.3) is 0 Å². The highest BCUT2D eigenvalue weighted by Gasteiger charge is 2.17. The van der Waals surface area contributed by atoms with Gasteiger partial charge in [0.05, 0.1) is 0 Å². The zero-order chi connectivity index (χ0) is 15.4. The van der Waals surface area contributed by atoms with Crippen LogP contribution in [0.1, 0.15) is 0 Å². The van der Waals surface area contributed by atoms with Gasteiger partial charge in [-0.2, -0.15) is 0 Å². The summed E-state index contributed by atoms with van der Waals surface area (Å²) in [5.41, 5.74) is 0. The molecule has 3 heteroatoms. The standard InChI is InChI=1S/C19H23NOS/c1-20(2)14-17(22-12-5-6-13-22)15-21-19-11-7-9-16-8-3-4-10-18(16)19/h3-13,17,22H,14-15H2,1-2H3. The SMILES string of the molecule is CN(C)CC(COc1cccc2ccccc12)[SH]1C=CC=C1. The van der Waals surface area contributed by atoms with E-state index in [9.17, 15) is 0 Å². The quantitative estimate of drug-likeness (QED) is 0.803. The van der Waals surface area contributed by atoms with Gasteiger partial charge in [-0.1, -0.05) is 48.6 Å². The van der Waals surface area contributed by atoms with Gasteiger partial charge >= 0.3 is 0 Å². The Hall–Kier alpha value is -1.71. The van der Waals surface area contributed by atoms with Crippen LogP contribution in [-0.4, -0.2) is 37.4 Å². The minimum Gasteiger partial charge on any atom is -0.492 e. The third-order valence-corrected chi connectivity index (χ3v) is 5.99. The van der Waals surface area contributed by atoms with Crippen molar-refractivity contribution in [2.45, 2.75) is 5.25 Å². The van der Waals surface area contributed by atoms with Crippen molar-refractivity contribution in [2.24, 2.45) is 0 Å². The predicted molar refractivity (Wildman–Crippen MR) is 99.1 cm³/mol. The smallest absolute Gasteiger partial charge is 0.127 e. The molecule has 0 saturated carbocycles. The predicted octanol–water partition coefficient (Wildman–Crippen LogP) is 4.19. The molecular weight excluding hydrogens is 290 g/mol. The van der Waals surface area contributed by atoms with Crippen LogP contribution in [-0.2, 0) is 0 Å². The fourth-order valence-corrected chi connectivity index (χ4v) is 4.70. The number of hydrogen-bond donors (Lipinski definition) is 1. The number of hydrogen-bond acceptors (Lipinski definition) is 2. The van der Waals surface area contributed by atoms with Gasteiger partial charge in [-0.25, -0.2) is 10.9 Å². The summed E-state index contributed by atoms with van der Waals surface area (Å²) in [7, 11) is 4.05. The maximum absolute atomic E-state index is 6.22. The van der Waals surface area contributed by atoms with E-state index in [1.807, 2.05) is 0 Å². The number of rotatable bonds is 6. The van der Waals surface area contributed by atoms with E-state index in [-0.39, 0.29) is 10.9 Å². The van der Waals surface area contributed by atoms with Gasteiger partial charge < -0.3 is 9.64 Å². The second-order valence-corrected chi connectivity index (χ2v) is 8.06. The van der Waals surface area contributed by atoms with Crippen LogP contribution in [0, 0.1) is 0 Å². The first-order valence-electron chi connectivity index (χ1n) is 7.62. The van der Waals surface area contributed by atoms with Gasteiger partial charge in [0, 0.05) is 17.2 Å². The van der Waals surface area contributed by atoms with E-state index in [0.717, 1.165) is 18.9 Å². The van der Waals surface area contributed by atoms with Crippen LogP contribution in [0.4, 0.5) is 0 Å². The molecule has 0 bridgehead atoms. The van der Waals surface area contributed by atoms with Crippen molar-refractivity contribution in [3.63, 3.8) is 0 Å². The van der Waals surface area contributed by atoms with Gasteiger partial charge in [0.15, 0.2) is 0 Å². The number of fused-ring (bicyclic) bond motifs is 1. The zero-order valence-electron chi connectivity index (χ0n) is 13.1. The molecule has 22 heavy (non-hydrogen) atoms. The summed E-state index contributed by atoms with van der Waals surface area (Å²) < 4.78 is 6.22. The minimum absolute atomic E-state index is 0.208. The highest BCUT2D eigenvalue weighted by molar-refractivity contribution is 8.22. The Morgan fingerprint density at radius 2 is 1.73 bits per heavy atom. The lowest BCUT2D eigenvalue weighted by molar-refractivity contribution is 0.291. The van der Waals surface area contributed by atoms with Crippen LogP contribution in [0.15, 0.2) is 65.4 Å². The number of benzene rings is 2. The lowest BCUT2D eigenvalue weighted by atomic mass is 10.1. The first-order chi connectivity index (χ1) is 10.7. The Labute approximate surface area is 135 Å². The Kier molecular flexibility index (Phi) is 4.86. The number of thiol groups is 1. The maximum atomic E-state index is 6.22. The maximum Gasteiger partial charge on any atom is 0.127 e. The van der Waals surface area contributed by atoms with E-state index in [2.05, 4.69) is 84.4 Å². The van der Waals surface area contributed by atoms with Gasteiger partial charge in [-0.05, 0) is 36.4 Å². The van der Waals surface area contributed by atoms with Crippen molar-refractivity contribution >= 4 is 21.7 Å². The van der Waals surface area contributed by atoms with Crippen molar-refractivity contribution in [3.8, 4) is 5.75 Å². The minimum atomic E-state index is -0.208. The molecule has 1 aliphatic rings. The summed E-state index contributed by atoms with van der Waals surface area (Å²) in [6, 6.07) is 14.7. The monoisotopic (exact) mass is 313 g/mol. The van der Waals surface area contributed by atoms with E-state index in [1.54, 1.807) is 0 Å². The molecule has 0 fully saturated rings. The summed E-state index contributed by atoms with van der Waals surface area (Å²) >= 11 is 0. The van der Waals surface area contributed by atoms with E-state index in [0.29, 0.717) is 5.25 Å². The topological polar surface area (TPSA) is 12.5 Å². The van der Waals surface area contributed by atoms with Gasteiger partial charge in [-0.15, -0.1) is 0 Å². The first-order valence-corrected chi connectivity index (χ1v) is 9.17. The summed E-state index contributed by atoms with van der Waals surface area (Å²) in [4.78, 5) is 2.25. The van der Waals surface area contributed by atoms with Gasteiger partial charge in [0.2, 0.25) is 0 Å². The Balaban J connectivity index is 1.75. The van der Waals surface area contributed by atoms with Crippen LogP contribution in [0.3, 0.4) is 0 Å². The molecule has 0 radical (unpaired) electrons.